The van der Waals surface area contributed by atoms with E-state index in [1.165, 1.54) is 6.07 Å². The van der Waals surface area contributed by atoms with Crippen LogP contribution in [0.2, 0.25) is 0 Å². The van der Waals surface area contributed by atoms with Crippen LogP contribution < -0.4 is 5.56 Å². The highest BCUT2D eigenvalue weighted by molar-refractivity contribution is 5.30. The number of H-pyrrole nitrogens is 1. The molecule has 0 aliphatic heterocycles. The zero-order valence-corrected chi connectivity index (χ0v) is 8.10. The van der Waals surface area contributed by atoms with Gasteiger partial charge in [0.1, 0.15) is 5.75 Å². The van der Waals surface area contributed by atoms with E-state index in [-0.39, 0.29) is 11.3 Å². The topological polar surface area (TPSA) is 53.1 Å². The normalized spacial score (nSPS) is 10.1. The zero-order valence-electron chi connectivity index (χ0n) is 8.10. The summed E-state index contributed by atoms with van der Waals surface area (Å²) < 4.78 is 0. The van der Waals surface area contributed by atoms with Crippen molar-refractivity contribution >= 4 is 0 Å². The third kappa shape index (κ3) is 2.47. The minimum atomic E-state index is -0.102. The molecule has 2 rings (SSSR count). The van der Waals surface area contributed by atoms with Crippen molar-refractivity contribution in [3.8, 4) is 5.75 Å². The van der Waals surface area contributed by atoms with Crippen LogP contribution >= 0.6 is 0 Å². The predicted octanol–water partition coefficient (Wildman–Crippen LogP) is 1.67. The Labute approximate surface area is 87.0 Å². The molecule has 0 unspecified atom stereocenters. The molecule has 0 aliphatic carbocycles. The van der Waals surface area contributed by atoms with Gasteiger partial charge in [-0.2, -0.15) is 0 Å². The van der Waals surface area contributed by atoms with E-state index in [4.69, 9.17) is 0 Å². The molecule has 2 aromatic rings. The molecule has 0 atom stereocenters. The Hall–Kier alpha value is -2.03. The standard InChI is InChI=1S/C12H11NO2/c14-11-3-1-2-9(7-11)6-10-4-5-12(15)13-8-10/h1-5,7-8,14H,6H2,(H,13,15). The van der Waals surface area contributed by atoms with Crippen LogP contribution in [0.15, 0.2) is 47.4 Å². The van der Waals surface area contributed by atoms with Gasteiger partial charge in [0.2, 0.25) is 5.56 Å². The molecule has 0 fully saturated rings. The number of aromatic amines is 1. The van der Waals surface area contributed by atoms with Crippen LogP contribution in [0.3, 0.4) is 0 Å². The molecule has 2 N–H and O–H groups in total. The molecule has 0 amide bonds. The summed E-state index contributed by atoms with van der Waals surface area (Å²) in [5, 5.41) is 9.28. The predicted molar refractivity (Wildman–Crippen MR) is 58.0 cm³/mol. The van der Waals surface area contributed by atoms with Crippen LogP contribution in [0, 0.1) is 0 Å². The number of pyridine rings is 1. The van der Waals surface area contributed by atoms with Gasteiger partial charge in [-0.25, -0.2) is 0 Å². The van der Waals surface area contributed by atoms with E-state index >= 15 is 0 Å². The molecule has 1 heterocycles. The quantitative estimate of drug-likeness (QED) is 0.776. The van der Waals surface area contributed by atoms with E-state index < -0.39 is 0 Å². The van der Waals surface area contributed by atoms with E-state index in [0.29, 0.717) is 6.42 Å². The van der Waals surface area contributed by atoms with Crippen LogP contribution in [0.1, 0.15) is 11.1 Å². The van der Waals surface area contributed by atoms with Crippen LogP contribution in [0.4, 0.5) is 0 Å². The zero-order chi connectivity index (χ0) is 10.7. The average molecular weight is 201 g/mol. The van der Waals surface area contributed by atoms with Crippen molar-refractivity contribution in [1.29, 1.82) is 0 Å². The molecule has 0 bridgehead atoms. The summed E-state index contributed by atoms with van der Waals surface area (Å²) in [6, 6.07) is 10.4. The molecule has 0 radical (unpaired) electrons. The number of hydrogen-bond donors (Lipinski definition) is 2. The molecule has 0 spiro atoms. The lowest BCUT2D eigenvalue weighted by Crippen LogP contribution is -2.03. The minimum absolute atomic E-state index is 0.102. The number of benzene rings is 1. The maximum Gasteiger partial charge on any atom is 0.247 e. The number of aromatic nitrogens is 1. The Kier molecular flexibility index (Phi) is 2.54. The molecule has 0 saturated carbocycles. The first kappa shape index (κ1) is 9.52. The molecule has 76 valence electrons. The van der Waals surface area contributed by atoms with Crippen molar-refractivity contribution in [3.05, 3.63) is 64.1 Å². The molecule has 0 aliphatic rings. The first-order valence-electron chi connectivity index (χ1n) is 4.69. The molecule has 1 aromatic heterocycles. The third-order valence-corrected chi connectivity index (χ3v) is 2.17. The highest BCUT2D eigenvalue weighted by Gasteiger charge is 1.97. The molecule has 3 nitrogen and oxygen atoms in total. The van der Waals surface area contributed by atoms with Gasteiger partial charge in [-0.05, 0) is 29.7 Å². The van der Waals surface area contributed by atoms with Crippen molar-refractivity contribution in [3.63, 3.8) is 0 Å². The lowest BCUT2D eigenvalue weighted by atomic mass is 10.1. The first-order valence-corrected chi connectivity index (χ1v) is 4.69. The molecule has 0 saturated heterocycles. The van der Waals surface area contributed by atoms with Gasteiger partial charge >= 0.3 is 0 Å². The smallest absolute Gasteiger partial charge is 0.247 e. The monoisotopic (exact) mass is 201 g/mol. The fourth-order valence-corrected chi connectivity index (χ4v) is 1.45. The van der Waals surface area contributed by atoms with Crippen molar-refractivity contribution in [1.82, 2.24) is 4.98 Å². The van der Waals surface area contributed by atoms with Crippen LogP contribution in [-0.4, -0.2) is 10.1 Å². The summed E-state index contributed by atoms with van der Waals surface area (Å²) in [7, 11) is 0. The van der Waals surface area contributed by atoms with Gasteiger partial charge in [0.05, 0.1) is 0 Å². The summed E-state index contributed by atoms with van der Waals surface area (Å²) >= 11 is 0. The lowest BCUT2D eigenvalue weighted by Gasteiger charge is -2.01. The van der Waals surface area contributed by atoms with Gasteiger partial charge in [-0.3, -0.25) is 4.79 Å². The SMILES string of the molecule is O=c1ccc(Cc2cccc(O)c2)c[nH]1. The molecule has 1 aromatic carbocycles. The maximum absolute atomic E-state index is 10.8. The highest BCUT2D eigenvalue weighted by atomic mass is 16.3. The van der Waals surface area contributed by atoms with Crippen molar-refractivity contribution in [2.75, 3.05) is 0 Å². The van der Waals surface area contributed by atoms with E-state index in [1.807, 2.05) is 6.07 Å². The molecule has 3 heteroatoms. The second-order valence-electron chi connectivity index (χ2n) is 3.41. The largest absolute Gasteiger partial charge is 0.508 e. The highest BCUT2D eigenvalue weighted by Crippen LogP contribution is 2.13. The van der Waals surface area contributed by atoms with Gasteiger partial charge < -0.3 is 10.1 Å². The Morgan fingerprint density at radius 1 is 1.13 bits per heavy atom. The average Bonchev–Trinajstić information content (AvgIpc) is 2.22. The maximum atomic E-state index is 10.8. The fraction of sp³-hybridized carbons (Fsp3) is 0.0833. The molecular weight excluding hydrogens is 190 g/mol. The Morgan fingerprint density at radius 3 is 2.67 bits per heavy atom. The van der Waals surface area contributed by atoms with Gasteiger partial charge in [0, 0.05) is 12.3 Å². The van der Waals surface area contributed by atoms with E-state index in [2.05, 4.69) is 4.98 Å². The van der Waals surface area contributed by atoms with Crippen LogP contribution in [-0.2, 0) is 6.42 Å². The number of nitrogens with one attached hydrogen (secondary N) is 1. The van der Waals surface area contributed by atoms with Crippen molar-refractivity contribution in [2.24, 2.45) is 0 Å². The lowest BCUT2D eigenvalue weighted by molar-refractivity contribution is 0.474. The van der Waals surface area contributed by atoms with E-state index in [1.54, 1.807) is 30.5 Å². The Bertz CT molecular complexity index is 497. The van der Waals surface area contributed by atoms with Crippen molar-refractivity contribution < 1.29 is 5.11 Å². The van der Waals surface area contributed by atoms with Gasteiger partial charge in [0.15, 0.2) is 0 Å². The number of phenolic OH excluding ortho intramolecular Hbond substituents is 1. The first-order chi connectivity index (χ1) is 7.24. The summed E-state index contributed by atoms with van der Waals surface area (Å²) in [5.74, 6) is 0.261. The minimum Gasteiger partial charge on any atom is -0.508 e. The summed E-state index contributed by atoms with van der Waals surface area (Å²) in [5.41, 5.74) is 1.93. The van der Waals surface area contributed by atoms with E-state index in [0.717, 1.165) is 11.1 Å². The summed E-state index contributed by atoms with van der Waals surface area (Å²) in [6.07, 6.45) is 2.39. The number of aromatic hydroxyl groups is 1. The fourth-order valence-electron chi connectivity index (χ4n) is 1.45. The van der Waals surface area contributed by atoms with E-state index in [9.17, 15) is 9.90 Å². The van der Waals surface area contributed by atoms with Crippen molar-refractivity contribution in [2.45, 2.75) is 6.42 Å². The van der Waals surface area contributed by atoms with Crippen LogP contribution in [0.25, 0.3) is 0 Å². The summed E-state index contributed by atoms with van der Waals surface area (Å²) in [4.78, 5) is 13.4. The van der Waals surface area contributed by atoms with Crippen LogP contribution in [0.5, 0.6) is 5.75 Å². The third-order valence-electron chi connectivity index (χ3n) is 2.17. The van der Waals surface area contributed by atoms with Gasteiger partial charge in [0.25, 0.3) is 0 Å². The Balaban J connectivity index is 2.22. The summed E-state index contributed by atoms with van der Waals surface area (Å²) in [6.45, 7) is 0. The molecular formula is C12H11NO2. The Morgan fingerprint density at radius 2 is 2.00 bits per heavy atom. The number of hydrogen-bond acceptors (Lipinski definition) is 2. The molecule has 15 heavy (non-hydrogen) atoms. The second kappa shape index (κ2) is 4.00. The second-order valence-corrected chi connectivity index (χ2v) is 3.41. The number of phenols is 1. The van der Waals surface area contributed by atoms with Gasteiger partial charge in [-0.1, -0.05) is 18.2 Å². The number of rotatable bonds is 2. The van der Waals surface area contributed by atoms with Gasteiger partial charge in [-0.15, -0.1) is 0 Å².